The molecule has 3 rings (SSSR count). The first kappa shape index (κ1) is 19.6. The zero-order valence-corrected chi connectivity index (χ0v) is 16.6. The lowest BCUT2D eigenvalue weighted by atomic mass is 10.1. The number of nitrogens with two attached hydrogens (primary N) is 1. The van der Waals surface area contributed by atoms with Gasteiger partial charge in [-0.15, -0.1) is 0 Å². The van der Waals surface area contributed by atoms with E-state index in [1.54, 1.807) is 25.6 Å². The van der Waals surface area contributed by atoms with Crippen LogP contribution in [0.3, 0.4) is 0 Å². The number of esters is 2. The minimum absolute atomic E-state index is 0.0716. The Bertz CT molecular complexity index is 760. The molecule has 0 aromatic heterocycles. The van der Waals surface area contributed by atoms with Gasteiger partial charge < -0.3 is 20.1 Å². The van der Waals surface area contributed by atoms with Gasteiger partial charge in [0, 0.05) is 17.5 Å². The van der Waals surface area contributed by atoms with Crippen LogP contribution in [0.5, 0.6) is 0 Å². The van der Waals surface area contributed by atoms with Gasteiger partial charge >= 0.3 is 11.9 Å². The number of anilines is 1. The first-order valence-electron chi connectivity index (χ1n) is 9.18. The van der Waals surface area contributed by atoms with Crippen LogP contribution >= 0.6 is 11.8 Å². The zero-order valence-electron chi connectivity index (χ0n) is 15.8. The van der Waals surface area contributed by atoms with E-state index in [1.807, 2.05) is 18.2 Å². The maximum atomic E-state index is 12.3. The van der Waals surface area contributed by atoms with Gasteiger partial charge in [0.1, 0.15) is 5.50 Å². The van der Waals surface area contributed by atoms with Crippen LogP contribution in [-0.2, 0) is 19.1 Å². The molecule has 2 atom stereocenters. The van der Waals surface area contributed by atoms with Gasteiger partial charge in [-0.05, 0) is 38.0 Å². The molecule has 2 aliphatic rings. The van der Waals surface area contributed by atoms with Crippen molar-refractivity contribution in [1.29, 1.82) is 0 Å². The average molecular weight is 391 g/mol. The molecule has 3 N–H and O–H groups in total. The maximum absolute atomic E-state index is 12.3. The number of ether oxygens (including phenoxy) is 2. The minimum Gasteiger partial charge on any atom is -0.462 e. The molecule has 27 heavy (non-hydrogen) atoms. The minimum atomic E-state index is -0.769. The van der Waals surface area contributed by atoms with Gasteiger partial charge in [0.25, 0.3) is 0 Å². The van der Waals surface area contributed by atoms with Crippen LogP contribution in [0, 0.1) is 0 Å². The number of carbonyl (C=O) groups is 2. The van der Waals surface area contributed by atoms with Crippen LogP contribution in [0.1, 0.15) is 32.8 Å². The number of thioether (sulfide) groups is 1. The number of nitrogens with zero attached hydrogens (tertiary/aromatic N) is 1. The third-order valence-corrected chi connectivity index (χ3v) is 5.86. The van der Waals surface area contributed by atoms with Crippen molar-refractivity contribution < 1.29 is 19.1 Å². The number of hydrogen-bond acceptors (Lipinski definition) is 8. The van der Waals surface area contributed by atoms with E-state index in [-0.39, 0.29) is 30.0 Å². The van der Waals surface area contributed by atoms with Crippen molar-refractivity contribution in [1.82, 2.24) is 5.32 Å². The zero-order chi connectivity index (χ0) is 19.6. The lowest BCUT2D eigenvalue weighted by Crippen LogP contribution is -2.33. The Labute approximate surface area is 163 Å². The monoisotopic (exact) mass is 391 g/mol. The molecule has 0 amide bonds. The van der Waals surface area contributed by atoms with E-state index >= 15 is 0 Å². The lowest BCUT2D eigenvalue weighted by Gasteiger charge is -2.24. The van der Waals surface area contributed by atoms with Gasteiger partial charge in [0.05, 0.1) is 24.6 Å². The maximum Gasteiger partial charge on any atom is 0.347 e. The molecule has 2 heterocycles. The fourth-order valence-corrected chi connectivity index (χ4v) is 4.66. The molecule has 0 aliphatic carbocycles. The molecule has 8 heteroatoms. The first-order chi connectivity index (χ1) is 13.0. The Morgan fingerprint density at radius 1 is 1.22 bits per heavy atom. The Balaban J connectivity index is 1.97. The fourth-order valence-electron chi connectivity index (χ4n) is 3.35. The van der Waals surface area contributed by atoms with Crippen LogP contribution in [0.4, 0.5) is 5.69 Å². The molecule has 7 nitrogen and oxygen atoms in total. The molecule has 0 saturated carbocycles. The molecule has 2 unspecified atom stereocenters. The van der Waals surface area contributed by atoms with Crippen molar-refractivity contribution in [2.45, 2.75) is 43.6 Å². The molecule has 0 bridgehead atoms. The number of nitrogens with one attached hydrogen (secondary N) is 1. The second-order valence-electron chi connectivity index (χ2n) is 6.26. The number of fused-ring (bicyclic) bond motifs is 3. The summed E-state index contributed by atoms with van der Waals surface area (Å²) in [5.41, 5.74) is 7.98. The van der Waals surface area contributed by atoms with Crippen molar-refractivity contribution in [3.63, 3.8) is 0 Å². The normalized spacial score (nSPS) is 20.0. The van der Waals surface area contributed by atoms with Gasteiger partial charge in [-0.3, -0.25) is 5.32 Å². The summed E-state index contributed by atoms with van der Waals surface area (Å²) >= 11 is 1.71. The molecular formula is C19H25N3O4S. The van der Waals surface area contributed by atoms with Gasteiger partial charge in [-0.1, -0.05) is 24.8 Å². The highest BCUT2D eigenvalue weighted by Crippen LogP contribution is 2.46. The predicted octanol–water partition coefficient (Wildman–Crippen LogP) is 2.06. The molecule has 1 saturated heterocycles. The highest BCUT2D eigenvalue weighted by Gasteiger charge is 2.39. The van der Waals surface area contributed by atoms with Gasteiger partial charge in [0.2, 0.25) is 0 Å². The molecule has 1 aromatic carbocycles. The standard InChI is InChI=1S/C19H25N3O4S/c1-4-12-10-21-19-22(12)13-8-7-11(9-14(13)27-19)16(20)15(17(23)25-5-2)18(24)26-6-3/h7-9,12,19,21H,4-6,10,20H2,1-3H3. The smallest absolute Gasteiger partial charge is 0.347 e. The topological polar surface area (TPSA) is 93.9 Å². The van der Waals surface area contributed by atoms with E-state index in [2.05, 4.69) is 17.1 Å². The molecular weight excluding hydrogens is 366 g/mol. The molecule has 1 fully saturated rings. The number of rotatable bonds is 6. The largest absolute Gasteiger partial charge is 0.462 e. The van der Waals surface area contributed by atoms with Crippen molar-refractivity contribution >= 4 is 35.1 Å². The summed E-state index contributed by atoms with van der Waals surface area (Å²) in [5.74, 6) is -1.54. The summed E-state index contributed by atoms with van der Waals surface area (Å²) in [5, 5.41) is 3.51. The Hall–Kier alpha value is -2.19. The van der Waals surface area contributed by atoms with Crippen LogP contribution in [-0.4, -0.2) is 43.2 Å². The average Bonchev–Trinajstić information content (AvgIpc) is 3.20. The highest BCUT2D eigenvalue weighted by molar-refractivity contribution is 8.00. The lowest BCUT2D eigenvalue weighted by molar-refractivity contribution is -0.146. The fraction of sp³-hybridized carbons (Fsp3) is 0.474. The Morgan fingerprint density at radius 3 is 2.48 bits per heavy atom. The summed E-state index contributed by atoms with van der Waals surface area (Å²) in [6.45, 7) is 6.79. The third-order valence-electron chi connectivity index (χ3n) is 4.66. The SMILES string of the molecule is CCOC(=O)C(C(=O)OCC)=C(N)c1ccc2c(c1)SC1NCC(CC)N21. The second-order valence-corrected chi connectivity index (χ2v) is 7.38. The van der Waals surface area contributed by atoms with Crippen LogP contribution in [0.2, 0.25) is 0 Å². The van der Waals surface area contributed by atoms with Crippen molar-refractivity contribution in [2.75, 3.05) is 24.7 Å². The van der Waals surface area contributed by atoms with Crippen LogP contribution in [0.25, 0.3) is 5.70 Å². The van der Waals surface area contributed by atoms with E-state index < -0.39 is 11.9 Å². The number of benzene rings is 1. The van der Waals surface area contributed by atoms with E-state index in [1.165, 1.54) is 0 Å². The highest BCUT2D eigenvalue weighted by atomic mass is 32.2. The summed E-state index contributed by atoms with van der Waals surface area (Å²) in [7, 11) is 0. The third kappa shape index (κ3) is 3.64. The molecule has 2 aliphatic heterocycles. The van der Waals surface area contributed by atoms with E-state index in [0.717, 1.165) is 23.5 Å². The van der Waals surface area contributed by atoms with E-state index in [9.17, 15) is 9.59 Å². The van der Waals surface area contributed by atoms with E-state index in [4.69, 9.17) is 15.2 Å². The Morgan fingerprint density at radius 2 is 1.89 bits per heavy atom. The van der Waals surface area contributed by atoms with Gasteiger partial charge in [-0.2, -0.15) is 0 Å². The molecule has 0 radical (unpaired) electrons. The van der Waals surface area contributed by atoms with Crippen LogP contribution in [0.15, 0.2) is 28.7 Å². The second kappa shape index (κ2) is 8.22. The van der Waals surface area contributed by atoms with Crippen molar-refractivity contribution in [2.24, 2.45) is 5.73 Å². The van der Waals surface area contributed by atoms with Crippen LogP contribution < -0.4 is 16.0 Å². The summed E-state index contributed by atoms with van der Waals surface area (Å²) in [6, 6.07) is 6.20. The van der Waals surface area contributed by atoms with Crippen molar-refractivity contribution in [3.05, 3.63) is 29.3 Å². The van der Waals surface area contributed by atoms with E-state index in [0.29, 0.717) is 11.6 Å². The summed E-state index contributed by atoms with van der Waals surface area (Å²) < 4.78 is 9.99. The summed E-state index contributed by atoms with van der Waals surface area (Å²) in [6.07, 6.45) is 1.06. The van der Waals surface area contributed by atoms with Crippen molar-refractivity contribution in [3.8, 4) is 0 Å². The number of hydrogen-bond donors (Lipinski definition) is 2. The first-order valence-corrected chi connectivity index (χ1v) is 10.1. The molecule has 0 spiro atoms. The Kier molecular flexibility index (Phi) is 5.96. The summed E-state index contributed by atoms with van der Waals surface area (Å²) in [4.78, 5) is 28.0. The number of carbonyl (C=O) groups excluding carboxylic acids is 2. The molecule has 146 valence electrons. The van der Waals surface area contributed by atoms with Gasteiger partial charge in [0.15, 0.2) is 5.57 Å². The predicted molar refractivity (Wildman–Crippen MR) is 105 cm³/mol. The quantitative estimate of drug-likeness (QED) is 0.329. The van der Waals surface area contributed by atoms with Gasteiger partial charge in [-0.25, -0.2) is 9.59 Å². The molecule has 1 aromatic rings.